The Bertz CT molecular complexity index is 1140. The zero-order chi connectivity index (χ0) is 31.8. The molecule has 2 aromatic carbocycles. The van der Waals surface area contributed by atoms with Crippen LogP contribution in [0.15, 0.2) is 30.3 Å². The zero-order valence-electron chi connectivity index (χ0n) is 29.5. The van der Waals surface area contributed by atoms with Crippen molar-refractivity contribution in [1.29, 1.82) is 5.26 Å². The number of piperidine rings is 1. The number of nitriles is 1. The average molecular weight is 639 g/mol. The molecule has 0 spiro atoms. The van der Waals surface area contributed by atoms with Crippen molar-refractivity contribution >= 4 is 12.4 Å². The van der Waals surface area contributed by atoms with Gasteiger partial charge in [0.15, 0.2) is 11.5 Å². The Balaban J connectivity index is 0.00000705. The van der Waals surface area contributed by atoms with Crippen molar-refractivity contribution in [2.75, 3.05) is 33.9 Å². The molecule has 0 amide bonds. The van der Waals surface area contributed by atoms with E-state index in [1.807, 2.05) is 6.07 Å². The van der Waals surface area contributed by atoms with Gasteiger partial charge in [0.1, 0.15) is 0 Å². The van der Waals surface area contributed by atoms with Crippen LogP contribution in [0.5, 0.6) is 11.5 Å². The van der Waals surface area contributed by atoms with Gasteiger partial charge >= 0.3 is 0 Å². The topological polar surface area (TPSA) is 45.5 Å². The van der Waals surface area contributed by atoms with Crippen LogP contribution in [0.2, 0.25) is 0 Å². The average Bonchev–Trinajstić information content (AvgIpc) is 3.03. The van der Waals surface area contributed by atoms with Crippen LogP contribution in [-0.4, -0.2) is 38.8 Å². The van der Waals surface area contributed by atoms with Gasteiger partial charge < -0.3 is 14.4 Å². The smallest absolute Gasteiger partial charge is 0.161 e. The molecule has 0 saturated carbocycles. The van der Waals surface area contributed by atoms with Crippen LogP contribution < -0.4 is 9.47 Å². The van der Waals surface area contributed by atoms with Crippen LogP contribution in [0, 0.1) is 38.0 Å². The maximum Gasteiger partial charge on any atom is 0.161 e. The number of hydrogen-bond donors (Lipinski definition) is 0. The maximum absolute atomic E-state index is 10.7. The molecule has 1 unspecified atom stereocenters. The quantitative estimate of drug-likeness (QED) is 0.135. The molecule has 1 fully saturated rings. The lowest BCUT2D eigenvalue weighted by Crippen LogP contribution is -2.36. The third-order valence-corrected chi connectivity index (χ3v) is 10.2. The highest BCUT2D eigenvalue weighted by atomic mass is 35.5. The number of nitrogens with zero attached hydrogens (tertiary/aromatic N) is 2. The fourth-order valence-corrected chi connectivity index (χ4v) is 7.48. The van der Waals surface area contributed by atoms with Gasteiger partial charge in [0, 0.05) is 0 Å². The molecule has 3 rings (SSSR count). The summed E-state index contributed by atoms with van der Waals surface area (Å²) in [6.45, 7) is 12.4. The summed E-state index contributed by atoms with van der Waals surface area (Å²) in [5, 5.41) is 10.7. The predicted molar refractivity (Wildman–Crippen MR) is 193 cm³/mol. The second-order valence-corrected chi connectivity index (χ2v) is 13.7. The molecular formula is C40H63ClN2O2. The summed E-state index contributed by atoms with van der Waals surface area (Å²) in [4.78, 5) is 2.64. The maximum atomic E-state index is 10.7. The first-order valence-corrected chi connectivity index (χ1v) is 17.8. The highest BCUT2D eigenvalue weighted by Crippen LogP contribution is 2.39. The van der Waals surface area contributed by atoms with Gasteiger partial charge in [-0.05, 0) is 119 Å². The van der Waals surface area contributed by atoms with Gasteiger partial charge in [0.2, 0.25) is 0 Å². The van der Waals surface area contributed by atoms with Crippen molar-refractivity contribution in [1.82, 2.24) is 4.90 Å². The summed E-state index contributed by atoms with van der Waals surface area (Å²) < 4.78 is 11.2. The van der Waals surface area contributed by atoms with Gasteiger partial charge in [0.25, 0.3) is 0 Å². The summed E-state index contributed by atoms with van der Waals surface area (Å²) in [6, 6.07) is 13.6. The van der Waals surface area contributed by atoms with Crippen molar-refractivity contribution in [2.45, 2.75) is 136 Å². The van der Waals surface area contributed by atoms with E-state index < -0.39 is 5.41 Å². The predicted octanol–water partition coefficient (Wildman–Crippen LogP) is 10.9. The number of ether oxygens (including phenoxy) is 2. The number of benzene rings is 2. The molecule has 1 aliphatic rings. The molecule has 1 heterocycles. The van der Waals surface area contributed by atoms with E-state index in [2.05, 4.69) is 62.9 Å². The number of hydrogen-bond acceptors (Lipinski definition) is 4. The molecule has 1 atom stereocenters. The molecule has 4 nitrogen and oxygen atoms in total. The van der Waals surface area contributed by atoms with Crippen molar-refractivity contribution in [3.8, 4) is 17.6 Å². The van der Waals surface area contributed by atoms with Crippen LogP contribution in [0.4, 0.5) is 0 Å². The van der Waals surface area contributed by atoms with Gasteiger partial charge in [-0.1, -0.05) is 94.9 Å². The number of halogens is 1. The zero-order valence-corrected chi connectivity index (χ0v) is 30.3. The Hall–Kier alpha value is -2.22. The number of aryl methyl sites for hydroxylation is 3. The molecule has 0 aromatic heterocycles. The SMILES string of the molecule is CCCCCCCCCCCCC(C#N)(CCCN1CCC(Cc2c(C)cc(C)cc2C)CC1)c1ccc(OC)c(OC)c1.Cl. The van der Waals surface area contributed by atoms with E-state index in [1.165, 1.54) is 107 Å². The molecule has 0 bridgehead atoms. The highest BCUT2D eigenvalue weighted by molar-refractivity contribution is 5.85. The van der Waals surface area contributed by atoms with Crippen LogP contribution in [0.1, 0.15) is 131 Å². The number of rotatable bonds is 20. The minimum Gasteiger partial charge on any atom is -0.493 e. The minimum absolute atomic E-state index is 0. The molecule has 45 heavy (non-hydrogen) atoms. The number of methoxy groups -OCH3 is 2. The van der Waals surface area contributed by atoms with Gasteiger partial charge in [0.05, 0.1) is 25.7 Å². The number of likely N-dealkylation sites (tertiary alicyclic amines) is 1. The standard InChI is InChI=1S/C40H62N2O2.ClH/c1-7-8-9-10-11-12-13-14-15-16-22-40(31-41,36-18-19-38(43-5)39(30-36)44-6)23-17-24-42-25-20-35(21-26-42)29-37-33(3)27-32(2)28-34(37)4;/h18-19,27-28,30,35H,7-17,20-26,29H2,1-6H3;1H. The fourth-order valence-electron chi connectivity index (χ4n) is 7.48. The lowest BCUT2D eigenvalue weighted by Gasteiger charge is -2.34. The first-order valence-electron chi connectivity index (χ1n) is 17.8. The molecule has 252 valence electrons. The summed E-state index contributed by atoms with van der Waals surface area (Å²) in [5.74, 6) is 2.21. The van der Waals surface area contributed by atoms with Crippen LogP contribution in [-0.2, 0) is 11.8 Å². The summed E-state index contributed by atoms with van der Waals surface area (Å²) in [6.07, 6.45) is 19.7. The lowest BCUT2D eigenvalue weighted by molar-refractivity contribution is 0.177. The third-order valence-electron chi connectivity index (χ3n) is 10.2. The Morgan fingerprint density at radius 2 is 1.33 bits per heavy atom. The second-order valence-electron chi connectivity index (χ2n) is 13.7. The second kappa shape index (κ2) is 20.8. The van der Waals surface area contributed by atoms with Crippen molar-refractivity contribution in [2.24, 2.45) is 5.92 Å². The van der Waals surface area contributed by atoms with Gasteiger partial charge in [-0.2, -0.15) is 5.26 Å². The van der Waals surface area contributed by atoms with Crippen LogP contribution in [0.25, 0.3) is 0 Å². The van der Waals surface area contributed by atoms with E-state index in [0.717, 1.165) is 49.5 Å². The number of unbranched alkanes of at least 4 members (excludes halogenated alkanes) is 9. The first kappa shape index (κ1) is 39.0. The molecule has 5 heteroatoms. The van der Waals surface area contributed by atoms with Crippen LogP contribution in [0.3, 0.4) is 0 Å². The van der Waals surface area contributed by atoms with Gasteiger partial charge in [-0.25, -0.2) is 0 Å². The summed E-state index contributed by atoms with van der Waals surface area (Å²) >= 11 is 0. The Morgan fingerprint density at radius 3 is 1.89 bits per heavy atom. The molecule has 1 aliphatic heterocycles. The van der Waals surface area contributed by atoms with E-state index in [9.17, 15) is 5.26 Å². The highest BCUT2D eigenvalue weighted by Gasteiger charge is 2.33. The Labute approximate surface area is 282 Å². The third kappa shape index (κ3) is 12.1. The van der Waals surface area contributed by atoms with E-state index in [-0.39, 0.29) is 12.4 Å². The summed E-state index contributed by atoms with van der Waals surface area (Å²) in [5.41, 5.74) is 6.43. The van der Waals surface area contributed by atoms with Gasteiger partial charge in [-0.3, -0.25) is 0 Å². The minimum atomic E-state index is -0.488. The fraction of sp³-hybridized carbons (Fsp3) is 0.675. The molecular weight excluding hydrogens is 576 g/mol. The van der Waals surface area contributed by atoms with Crippen LogP contribution >= 0.6 is 12.4 Å². The van der Waals surface area contributed by atoms with E-state index in [0.29, 0.717) is 5.75 Å². The molecule has 1 saturated heterocycles. The lowest BCUT2D eigenvalue weighted by atomic mass is 9.74. The van der Waals surface area contributed by atoms with Gasteiger partial charge in [-0.15, -0.1) is 12.4 Å². The normalized spacial score (nSPS) is 15.2. The summed E-state index contributed by atoms with van der Waals surface area (Å²) in [7, 11) is 3.36. The molecule has 0 radical (unpaired) electrons. The van der Waals surface area contributed by atoms with E-state index in [1.54, 1.807) is 19.8 Å². The monoisotopic (exact) mass is 638 g/mol. The van der Waals surface area contributed by atoms with Crippen molar-refractivity contribution in [3.05, 3.63) is 58.1 Å². The molecule has 0 N–H and O–H groups in total. The van der Waals surface area contributed by atoms with E-state index >= 15 is 0 Å². The molecule has 0 aliphatic carbocycles. The van der Waals surface area contributed by atoms with Crippen molar-refractivity contribution in [3.63, 3.8) is 0 Å². The Kier molecular flexibility index (Phi) is 18.0. The van der Waals surface area contributed by atoms with E-state index in [4.69, 9.17) is 9.47 Å². The van der Waals surface area contributed by atoms with Crippen molar-refractivity contribution < 1.29 is 9.47 Å². The largest absolute Gasteiger partial charge is 0.493 e. The Morgan fingerprint density at radius 1 is 0.778 bits per heavy atom. The molecule has 2 aromatic rings. The first-order chi connectivity index (χ1) is 21.4.